The summed E-state index contributed by atoms with van der Waals surface area (Å²) in [7, 11) is 1.50. The number of hydrogen-bond donors (Lipinski definition) is 0. The fourth-order valence-corrected chi connectivity index (χ4v) is 7.68. The van der Waals surface area contributed by atoms with Gasteiger partial charge in [-0.05, 0) is 101 Å². The second-order valence-corrected chi connectivity index (χ2v) is 11.0. The summed E-state index contributed by atoms with van der Waals surface area (Å²) in [5.41, 5.74) is 2.20. The lowest BCUT2D eigenvalue weighted by atomic mass is 9.54. The van der Waals surface area contributed by atoms with Crippen LogP contribution in [0.3, 0.4) is 0 Å². The zero-order valence-corrected chi connectivity index (χ0v) is 20.4. The van der Waals surface area contributed by atoms with E-state index >= 15 is 0 Å². The molecule has 0 N–H and O–H groups in total. The summed E-state index contributed by atoms with van der Waals surface area (Å²) >= 11 is 0. The minimum absolute atomic E-state index is 0.0240. The average Bonchev–Trinajstić information content (AvgIpc) is 3.09. The van der Waals surface area contributed by atoms with Gasteiger partial charge < -0.3 is 9.64 Å². The molecule has 4 rings (SSSR count). The van der Waals surface area contributed by atoms with E-state index < -0.39 is 0 Å². The van der Waals surface area contributed by atoms with Crippen LogP contribution in [0, 0.1) is 33.3 Å². The molecule has 32 heavy (non-hydrogen) atoms. The van der Waals surface area contributed by atoms with E-state index in [9.17, 15) is 14.9 Å². The first-order valence-electron chi connectivity index (χ1n) is 12.3. The molecule has 0 aliphatic heterocycles. The van der Waals surface area contributed by atoms with Gasteiger partial charge in [0.1, 0.15) is 0 Å². The Bertz CT molecular complexity index is 903. The SMILES string of the molecule is COc1ccc2c(c1[N+](=O)[O-])CC[C@@H]1[C@@H]2CC[C@]2(C)[C@@H](C(=O)N(C(C)C)C(C)C)CC[C@@H]12. The van der Waals surface area contributed by atoms with Crippen LogP contribution in [-0.2, 0) is 11.2 Å². The highest BCUT2D eigenvalue weighted by atomic mass is 16.6. The van der Waals surface area contributed by atoms with Gasteiger partial charge in [-0.1, -0.05) is 13.0 Å². The van der Waals surface area contributed by atoms with Crippen molar-refractivity contribution in [3.8, 4) is 5.75 Å². The summed E-state index contributed by atoms with van der Waals surface area (Å²) in [4.78, 5) is 27.3. The number of methoxy groups -OCH3 is 1. The highest BCUT2D eigenvalue weighted by Gasteiger charge is 2.57. The monoisotopic (exact) mass is 442 g/mol. The van der Waals surface area contributed by atoms with Crippen molar-refractivity contribution in [1.82, 2.24) is 4.90 Å². The number of carbonyl (C=O) groups excluding carboxylic acids is 1. The summed E-state index contributed by atoms with van der Waals surface area (Å²) in [5, 5.41) is 11.8. The van der Waals surface area contributed by atoms with E-state index in [0.717, 1.165) is 49.7 Å². The minimum atomic E-state index is -0.276. The first kappa shape index (κ1) is 23.1. The standard InChI is InChI=1S/C26H38N2O4/c1-15(2)27(16(3)4)25(29)22-11-10-21-19-7-8-20-17(18(19)13-14-26(21,22)5)9-12-23(32-6)24(20)28(30)31/h9,12,15-16,18-19,21-22H,7-8,10-11,13-14H2,1-6H3/t18-,19-,21+,22-,26+/m1/s1. The molecule has 0 unspecified atom stereocenters. The van der Waals surface area contributed by atoms with Crippen molar-refractivity contribution in [3.05, 3.63) is 33.4 Å². The Kier molecular flexibility index (Phi) is 6.01. The zero-order chi connectivity index (χ0) is 23.4. The molecule has 0 spiro atoms. The van der Waals surface area contributed by atoms with Gasteiger partial charge in [0.25, 0.3) is 0 Å². The quantitative estimate of drug-likeness (QED) is 0.432. The molecule has 176 valence electrons. The summed E-state index contributed by atoms with van der Waals surface area (Å²) in [6.45, 7) is 10.8. The van der Waals surface area contributed by atoms with Crippen LogP contribution in [0.15, 0.2) is 12.1 Å². The number of nitro groups is 1. The zero-order valence-electron chi connectivity index (χ0n) is 20.4. The molecule has 6 heteroatoms. The Hall–Kier alpha value is -2.11. The molecular weight excluding hydrogens is 404 g/mol. The lowest BCUT2D eigenvalue weighted by molar-refractivity contribution is -0.386. The van der Waals surface area contributed by atoms with Gasteiger partial charge in [0.05, 0.1) is 12.0 Å². The average molecular weight is 443 g/mol. The smallest absolute Gasteiger partial charge is 0.314 e. The molecule has 2 saturated carbocycles. The van der Waals surface area contributed by atoms with E-state index in [-0.39, 0.29) is 34.0 Å². The van der Waals surface area contributed by atoms with E-state index in [2.05, 4.69) is 45.6 Å². The number of nitrogens with zero attached hydrogens (tertiary/aromatic N) is 2. The van der Waals surface area contributed by atoms with E-state index in [1.165, 1.54) is 7.11 Å². The molecule has 1 amide bonds. The number of benzene rings is 1. The predicted octanol–water partition coefficient (Wildman–Crippen LogP) is 5.72. The number of nitro benzene ring substituents is 1. The number of hydrogen-bond acceptors (Lipinski definition) is 4. The Balaban J connectivity index is 1.65. The van der Waals surface area contributed by atoms with Crippen molar-refractivity contribution < 1.29 is 14.5 Å². The third-order valence-electron chi connectivity index (χ3n) is 8.91. The lowest BCUT2D eigenvalue weighted by Crippen LogP contribution is -2.50. The van der Waals surface area contributed by atoms with Gasteiger partial charge in [-0.15, -0.1) is 0 Å². The maximum absolute atomic E-state index is 13.7. The maximum Gasteiger partial charge on any atom is 0.314 e. The molecule has 0 radical (unpaired) electrons. The van der Waals surface area contributed by atoms with E-state index in [4.69, 9.17) is 4.74 Å². The first-order valence-corrected chi connectivity index (χ1v) is 12.3. The Morgan fingerprint density at radius 3 is 2.44 bits per heavy atom. The van der Waals surface area contributed by atoms with Crippen LogP contribution < -0.4 is 4.74 Å². The second-order valence-electron chi connectivity index (χ2n) is 11.0. The number of amides is 1. The molecule has 5 atom stereocenters. The fraction of sp³-hybridized carbons (Fsp3) is 0.731. The topological polar surface area (TPSA) is 72.7 Å². The van der Waals surface area contributed by atoms with Gasteiger partial charge in [-0.25, -0.2) is 0 Å². The molecule has 2 fully saturated rings. The molecular formula is C26H38N2O4. The Labute approximate surface area is 191 Å². The number of ether oxygens (including phenoxy) is 1. The molecule has 0 bridgehead atoms. The van der Waals surface area contributed by atoms with Gasteiger partial charge in [0, 0.05) is 23.6 Å². The number of rotatable bonds is 5. The van der Waals surface area contributed by atoms with Gasteiger partial charge in [0.2, 0.25) is 5.91 Å². The third-order valence-corrected chi connectivity index (χ3v) is 8.91. The van der Waals surface area contributed by atoms with Gasteiger partial charge in [-0.2, -0.15) is 0 Å². The number of carbonyl (C=O) groups is 1. The maximum atomic E-state index is 13.7. The molecule has 0 saturated heterocycles. The second kappa shape index (κ2) is 8.35. The summed E-state index contributed by atoms with van der Waals surface area (Å²) in [6.07, 6.45) is 5.75. The van der Waals surface area contributed by atoms with E-state index in [0.29, 0.717) is 29.4 Å². The van der Waals surface area contributed by atoms with Gasteiger partial charge in [-0.3, -0.25) is 14.9 Å². The van der Waals surface area contributed by atoms with Crippen molar-refractivity contribution in [2.75, 3.05) is 7.11 Å². The molecule has 0 aromatic heterocycles. The van der Waals surface area contributed by atoms with Crippen LogP contribution in [0.4, 0.5) is 5.69 Å². The van der Waals surface area contributed by atoms with Gasteiger partial charge in [0.15, 0.2) is 5.75 Å². The normalized spacial score (nSPS) is 31.1. The van der Waals surface area contributed by atoms with Gasteiger partial charge >= 0.3 is 5.69 Å². The highest BCUT2D eigenvalue weighted by molar-refractivity contribution is 5.80. The summed E-state index contributed by atoms with van der Waals surface area (Å²) in [6, 6.07) is 4.26. The van der Waals surface area contributed by atoms with E-state index in [1.54, 1.807) is 6.07 Å². The first-order chi connectivity index (χ1) is 15.1. The molecule has 1 aromatic rings. The van der Waals surface area contributed by atoms with Crippen LogP contribution in [0.25, 0.3) is 0 Å². The third kappa shape index (κ3) is 3.41. The molecule has 3 aliphatic carbocycles. The molecule has 0 heterocycles. The predicted molar refractivity (Wildman–Crippen MR) is 125 cm³/mol. The van der Waals surface area contributed by atoms with Crippen LogP contribution in [0.1, 0.15) is 83.8 Å². The van der Waals surface area contributed by atoms with Crippen molar-refractivity contribution in [3.63, 3.8) is 0 Å². The number of fused-ring (bicyclic) bond motifs is 5. The fourth-order valence-electron chi connectivity index (χ4n) is 7.68. The highest BCUT2D eigenvalue weighted by Crippen LogP contribution is 2.64. The molecule has 3 aliphatic rings. The van der Waals surface area contributed by atoms with Crippen LogP contribution >= 0.6 is 0 Å². The Morgan fingerprint density at radius 1 is 1.16 bits per heavy atom. The molecule has 6 nitrogen and oxygen atoms in total. The van der Waals surface area contributed by atoms with Crippen molar-refractivity contribution in [1.29, 1.82) is 0 Å². The Morgan fingerprint density at radius 2 is 1.84 bits per heavy atom. The van der Waals surface area contributed by atoms with E-state index in [1.807, 2.05) is 0 Å². The van der Waals surface area contributed by atoms with Crippen molar-refractivity contribution in [2.45, 2.75) is 91.1 Å². The van der Waals surface area contributed by atoms with Crippen LogP contribution in [-0.4, -0.2) is 34.9 Å². The summed E-state index contributed by atoms with van der Waals surface area (Å²) in [5.74, 6) is 2.13. The van der Waals surface area contributed by atoms with Crippen LogP contribution in [0.5, 0.6) is 5.75 Å². The van der Waals surface area contributed by atoms with Crippen LogP contribution in [0.2, 0.25) is 0 Å². The minimum Gasteiger partial charge on any atom is -0.490 e. The summed E-state index contributed by atoms with van der Waals surface area (Å²) < 4.78 is 5.31. The molecule has 1 aromatic carbocycles. The van der Waals surface area contributed by atoms with Crippen molar-refractivity contribution >= 4 is 11.6 Å². The lowest BCUT2D eigenvalue weighted by Gasteiger charge is -2.51. The largest absolute Gasteiger partial charge is 0.490 e. The van der Waals surface area contributed by atoms with Crippen molar-refractivity contribution in [2.24, 2.45) is 23.2 Å².